The summed E-state index contributed by atoms with van der Waals surface area (Å²) in [5.41, 5.74) is 0.743. The van der Waals surface area contributed by atoms with Crippen LogP contribution in [0.2, 0.25) is 0 Å². The molecule has 0 spiro atoms. The Morgan fingerprint density at radius 1 is 1.19 bits per heavy atom. The van der Waals surface area contributed by atoms with E-state index in [-0.39, 0.29) is 18.1 Å². The van der Waals surface area contributed by atoms with Crippen LogP contribution in [0.3, 0.4) is 0 Å². The molecule has 3 heterocycles. The summed E-state index contributed by atoms with van der Waals surface area (Å²) >= 11 is 0. The van der Waals surface area contributed by atoms with Crippen LogP contribution in [0.15, 0.2) is 41.0 Å². The van der Waals surface area contributed by atoms with Crippen LogP contribution in [0.4, 0.5) is 8.78 Å². The number of hydrogen-bond donors (Lipinski definition) is 1. The van der Waals surface area contributed by atoms with E-state index in [1.54, 1.807) is 18.4 Å². The maximum atomic E-state index is 13.4. The Labute approximate surface area is 156 Å². The molecule has 144 valence electrons. The second-order valence-electron chi connectivity index (χ2n) is 7.11. The zero-order valence-corrected chi connectivity index (χ0v) is 14.9. The van der Waals surface area contributed by atoms with Gasteiger partial charge in [0.15, 0.2) is 11.6 Å². The van der Waals surface area contributed by atoms with Crippen LogP contribution in [0.1, 0.15) is 30.6 Å². The summed E-state index contributed by atoms with van der Waals surface area (Å²) in [6, 6.07) is 7.81. The van der Waals surface area contributed by atoms with E-state index in [0.29, 0.717) is 25.3 Å². The lowest BCUT2D eigenvalue weighted by molar-refractivity contribution is -0.144. The molecule has 7 heteroatoms. The molecule has 0 bridgehead atoms. The molecule has 0 unspecified atom stereocenters. The fourth-order valence-corrected chi connectivity index (χ4v) is 3.98. The maximum Gasteiger partial charge on any atom is 0.249 e. The zero-order chi connectivity index (χ0) is 18.8. The average molecular weight is 376 g/mol. The first-order valence-corrected chi connectivity index (χ1v) is 9.23. The third kappa shape index (κ3) is 4.04. The molecule has 1 aromatic carbocycles. The molecule has 4 rings (SSSR count). The molecule has 2 aromatic rings. The molecule has 1 aromatic heterocycles. The van der Waals surface area contributed by atoms with Crippen LogP contribution in [0, 0.1) is 11.6 Å². The van der Waals surface area contributed by atoms with Gasteiger partial charge in [0.25, 0.3) is 0 Å². The number of carbonyl (C=O) groups is 1. The van der Waals surface area contributed by atoms with Crippen molar-refractivity contribution in [2.45, 2.75) is 50.6 Å². The van der Waals surface area contributed by atoms with E-state index in [1.807, 2.05) is 6.07 Å². The van der Waals surface area contributed by atoms with E-state index in [4.69, 9.17) is 9.15 Å². The van der Waals surface area contributed by atoms with Gasteiger partial charge in [-0.3, -0.25) is 9.69 Å². The number of likely N-dealkylation sites (tertiary alicyclic amines) is 1. The van der Waals surface area contributed by atoms with Crippen molar-refractivity contribution in [2.24, 2.45) is 0 Å². The molecule has 0 radical (unpaired) electrons. The standard InChI is InChI=1S/C20H22F2N2O3/c21-15-4-3-13(10-16(15)22)12-24-8-7-18-17(24)5-6-19(27-18)20(25)23-11-14-2-1-9-26-14/h1-4,9-10,17-19H,5-8,11-12H2,(H,23,25)/t17-,18-,19+/m1/s1. The number of furan rings is 1. The zero-order valence-electron chi connectivity index (χ0n) is 14.9. The lowest BCUT2D eigenvalue weighted by Crippen LogP contribution is -2.47. The number of amides is 1. The van der Waals surface area contributed by atoms with Crippen molar-refractivity contribution in [2.75, 3.05) is 6.54 Å². The van der Waals surface area contributed by atoms with Crippen molar-refractivity contribution in [1.29, 1.82) is 0 Å². The second-order valence-corrected chi connectivity index (χ2v) is 7.11. The monoisotopic (exact) mass is 376 g/mol. The normalized spacial score (nSPS) is 25.3. The van der Waals surface area contributed by atoms with Gasteiger partial charge in [-0.25, -0.2) is 8.78 Å². The van der Waals surface area contributed by atoms with Crippen LogP contribution >= 0.6 is 0 Å². The number of fused-ring (bicyclic) bond motifs is 1. The Morgan fingerprint density at radius 3 is 2.85 bits per heavy atom. The van der Waals surface area contributed by atoms with Crippen molar-refractivity contribution in [3.05, 3.63) is 59.6 Å². The van der Waals surface area contributed by atoms with Gasteiger partial charge in [-0.15, -0.1) is 0 Å². The van der Waals surface area contributed by atoms with E-state index in [0.717, 1.165) is 31.0 Å². The third-order valence-electron chi connectivity index (χ3n) is 5.34. The van der Waals surface area contributed by atoms with E-state index in [9.17, 15) is 13.6 Å². The van der Waals surface area contributed by atoms with E-state index in [1.165, 1.54) is 6.07 Å². The summed E-state index contributed by atoms with van der Waals surface area (Å²) < 4.78 is 37.8. The first kappa shape index (κ1) is 18.1. The highest BCUT2D eigenvalue weighted by molar-refractivity contribution is 5.80. The summed E-state index contributed by atoms with van der Waals surface area (Å²) in [4.78, 5) is 14.6. The van der Waals surface area contributed by atoms with Crippen LogP contribution < -0.4 is 5.32 Å². The predicted octanol–water partition coefficient (Wildman–Crippen LogP) is 3.00. The molecule has 0 saturated carbocycles. The number of nitrogens with one attached hydrogen (secondary N) is 1. The van der Waals surface area contributed by atoms with Crippen molar-refractivity contribution in [3.63, 3.8) is 0 Å². The minimum atomic E-state index is -0.831. The number of rotatable bonds is 5. The minimum absolute atomic E-state index is 0.0107. The minimum Gasteiger partial charge on any atom is -0.467 e. The predicted molar refractivity (Wildman–Crippen MR) is 93.6 cm³/mol. The first-order chi connectivity index (χ1) is 13.1. The number of benzene rings is 1. The van der Waals surface area contributed by atoms with Gasteiger partial charge in [0.1, 0.15) is 11.9 Å². The molecule has 5 nitrogen and oxygen atoms in total. The molecule has 2 saturated heterocycles. The van der Waals surface area contributed by atoms with Crippen LogP contribution in [0.5, 0.6) is 0 Å². The fraction of sp³-hybridized carbons (Fsp3) is 0.450. The highest BCUT2D eigenvalue weighted by atomic mass is 19.2. The van der Waals surface area contributed by atoms with Gasteiger partial charge >= 0.3 is 0 Å². The topological polar surface area (TPSA) is 54.7 Å². The first-order valence-electron chi connectivity index (χ1n) is 9.23. The van der Waals surface area contributed by atoms with Gasteiger partial charge in [0, 0.05) is 19.1 Å². The van der Waals surface area contributed by atoms with Crippen LogP contribution in [-0.4, -0.2) is 35.6 Å². The molecule has 1 N–H and O–H groups in total. The Bertz CT molecular complexity index is 797. The summed E-state index contributed by atoms with van der Waals surface area (Å²) in [6.45, 7) is 1.72. The third-order valence-corrected chi connectivity index (χ3v) is 5.34. The highest BCUT2D eigenvalue weighted by Crippen LogP contribution is 2.32. The van der Waals surface area contributed by atoms with Gasteiger partial charge in [0.05, 0.1) is 18.9 Å². The second kappa shape index (κ2) is 7.78. The molecule has 27 heavy (non-hydrogen) atoms. The average Bonchev–Trinajstić information content (AvgIpc) is 3.32. The van der Waals surface area contributed by atoms with Crippen molar-refractivity contribution >= 4 is 5.91 Å². The molecular formula is C20H22F2N2O3. The van der Waals surface area contributed by atoms with Gasteiger partial charge in [-0.1, -0.05) is 6.07 Å². The van der Waals surface area contributed by atoms with Crippen molar-refractivity contribution in [1.82, 2.24) is 10.2 Å². The summed E-state index contributed by atoms with van der Waals surface area (Å²) in [6.07, 6.45) is 3.42. The molecule has 1 amide bonds. The van der Waals surface area contributed by atoms with Crippen molar-refractivity contribution in [3.8, 4) is 0 Å². The maximum absolute atomic E-state index is 13.4. The summed E-state index contributed by atoms with van der Waals surface area (Å²) in [5.74, 6) is -1.07. The van der Waals surface area contributed by atoms with Gasteiger partial charge < -0.3 is 14.5 Å². The van der Waals surface area contributed by atoms with E-state index >= 15 is 0 Å². The molecule has 2 aliphatic rings. The molecule has 0 aliphatic carbocycles. The molecular weight excluding hydrogens is 354 g/mol. The Kier molecular flexibility index (Phi) is 5.22. The molecule has 2 fully saturated rings. The number of nitrogens with zero attached hydrogens (tertiary/aromatic N) is 1. The van der Waals surface area contributed by atoms with E-state index < -0.39 is 17.7 Å². The van der Waals surface area contributed by atoms with Gasteiger partial charge in [-0.2, -0.15) is 0 Å². The van der Waals surface area contributed by atoms with Gasteiger partial charge in [0.2, 0.25) is 5.91 Å². The smallest absolute Gasteiger partial charge is 0.249 e. The quantitative estimate of drug-likeness (QED) is 0.872. The number of hydrogen-bond acceptors (Lipinski definition) is 4. The Morgan fingerprint density at radius 2 is 2.07 bits per heavy atom. The lowest BCUT2D eigenvalue weighted by atomic mass is 9.98. The SMILES string of the molecule is O=C(NCc1ccco1)[C@@H]1CC[C@@H]2[C@@H](CCN2Cc2ccc(F)c(F)c2)O1. The molecule has 3 atom stereocenters. The number of halogens is 2. The fourth-order valence-electron chi connectivity index (χ4n) is 3.98. The molecule has 2 aliphatic heterocycles. The van der Waals surface area contributed by atoms with Crippen molar-refractivity contribution < 1.29 is 22.7 Å². The number of ether oxygens (including phenoxy) is 1. The van der Waals surface area contributed by atoms with E-state index in [2.05, 4.69) is 10.2 Å². The highest BCUT2D eigenvalue weighted by Gasteiger charge is 2.41. The van der Waals surface area contributed by atoms with Crippen LogP contribution in [0.25, 0.3) is 0 Å². The largest absolute Gasteiger partial charge is 0.467 e. The number of carbonyl (C=O) groups excluding carboxylic acids is 1. The summed E-state index contributed by atoms with van der Waals surface area (Å²) in [7, 11) is 0. The Balaban J connectivity index is 1.31. The van der Waals surface area contributed by atoms with Crippen LogP contribution in [-0.2, 0) is 22.6 Å². The Hall–Kier alpha value is -2.25. The summed E-state index contributed by atoms with van der Waals surface area (Å²) in [5, 5.41) is 2.85. The lowest BCUT2D eigenvalue weighted by Gasteiger charge is -2.35. The van der Waals surface area contributed by atoms with Gasteiger partial charge in [-0.05, 0) is 49.1 Å².